The number of phosphoric ester groups is 1. The Labute approximate surface area is 482 Å². The molecule has 1 aliphatic rings. The van der Waals surface area contributed by atoms with Gasteiger partial charge < -0.3 is 48.1 Å². The number of carbonyl (C=O) groups is 5. The molecule has 1 aliphatic heterocycles. The van der Waals surface area contributed by atoms with Gasteiger partial charge in [-0.2, -0.15) is 0 Å². The molecule has 0 aliphatic carbocycles. The molecule has 0 radical (unpaired) electrons. The van der Waals surface area contributed by atoms with E-state index in [1.165, 1.54) is 153 Å². The lowest BCUT2D eigenvalue weighted by atomic mass is 10.0. The lowest BCUT2D eigenvalue weighted by Gasteiger charge is -2.20. The molecule has 80 heavy (non-hydrogen) atoms. The van der Waals surface area contributed by atoms with Gasteiger partial charge in [0, 0.05) is 38.0 Å². The first-order valence-corrected chi connectivity index (χ1v) is 32.8. The Kier molecular flexibility index (Phi) is 53.2. The van der Waals surface area contributed by atoms with E-state index < -0.39 is 32.5 Å². The zero-order valence-corrected chi connectivity index (χ0v) is 50.9. The Morgan fingerprint density at radius 1 is 0.450 bits per heavy atom. The van der Waals surface area contributed by atoms with Gasteiger partial charge in [-0.15, -0.1) is 0 Å². The minimum atomic E-state index is -4.62. The van der Waals surface area contributed by atoms with Crippen LogP contribution >= 0.6 is 7.82 Å². The molecule has 468 valence electrons. The van der Waals surface area contributed by atoms with Gasteiger partial charge in [0.2, 0.25) is 5.91 Å². The zero-order valence-electron chi connectivity index (χ0n) is 50.0. The molecule has 0 saturated heterocycles. The molecule has 1 rings (SSSR count). The van der Waals surface area contributed by atoms with Gasteiger partial charge >= 0.3 is 19.8 Å². The molecule has 20 heteroatoms. The summed E-state index contributed by atoms with van der Waals surface area (Å²) in [6, 6.07) is 0. The molecule has 19 nitrogen and oxygen atoms in total. The lowest BCUT2D eigenvalue weighted by Crippen LogP contribution is -2.33. The summed E-state index contributed by atoms with van der Waals surface area (Å²) in [6.07, 6.45) is 38.3. The third-order valence-corrected chi connectivity index (χ3v) is 14.5. The molecule has 0 saturated carbocycles. The second-order valence-electron chi connectivity index (χ2n) is 20.7. The molecule has 2 atom stereocenters. The normalized spacial score (nSPS) is 13.6. The Morgan fingerprint density at radius 2 is 0.800 bits per heavy atom. The first-order chi connectivity index (χ1) is 39.1. The average molecular weight is 1160 g/mol. The van der Waals surface area contributed by atoms with E-state index in [2.05, 4.69) is 19.2 Å². The molecule has 0 bridgehead atoms. The number of amides is 3. The number of nitrogens with one attached hydrogen (secondary N) is 1. The number of rotatable bonds is 63. The van der Waals surface area contributed by atoms with Crippen LogP contribution in [0, 0.1) is 0 Å². The van der Waals surface area contributed by atoms with Crippen LogP contribution in [-0.2, 0) is 75.5 Å². The third kappa shape index (κ3) is 50.9. The van der Waals surface area contributed by atoms with Gasteiger partial charge in [0.15, 0.2) is 6.10 Å². The highest BCUT2D eigenvalue weighted by molar-refractivity contribution is 7.47. The van der Waals surface area contributed by atoms with Gasteiger partial charge in [0.05, 0.1) is 99.0 Å². The Morgan fingerprint density at radius 3 is 1.20 bits per heavy atom. The second kappa shape index (κ2) is 56.6. The first kappa shape index (κ1) is 75.2. The molecule has 0 aromatic rings. The van der Waals surface area contributed by atoms with Crippen LogP contribution in [0.15, 0.2) is 12.2 Å². The van der Waals surface area contributed by atoms with Crippen molar-refractivity contribution in [1.29, 1.82) is 0 Å². The summed E-state index contributed by atoms with van der Waals surface area (Å²) < 4.78 is 66.7. The SMILES string of the molecule is CCCCCCCCCCCCCCCCCC(=O)OCC(COP(=O)(O)OCCNC(=O)CCOCCOCCOCCOCCOCCOCCN1C(=O)C=CC1=O)OC(=O)CCCCCCCCCCCCCCCCC. The van der Waals surface area contributed by atoms with E-state index in [0.717, 1.165) is 43.4 Å². The van der Waals surface area contributed by atoms with Crippen molar-refractivity contribution < 1.29 is 80.4 Å². The van der Waals surface area contributed by atoms with Crippen LogP contribution in [0.2, 0.25) is 0 Å². The molecular weight excluding hydrogens is 1050 g/mol. The summed E-state index contributed by atoms with van der Waals surface area (Å²) in [4.78, 5) is 72.3. The van der Waals surface area contributed by atoms with Crippen molar-refractivity contribution in [3.63, 3.8) is 0 Å². The van der Waals surface area contributed by atoms with Crippen LogP contribution in [0.3, 0.4) is 0 Å². The molecule has 2 unspecified atom stereocenters. The van der Waals surface area contributed by atoms with Crippen LogP contribution in [0.5, 0.6) is 0 Å². The van der Waals surface area contributed by atoms with Crippen LogP contribution in [-0.4, -0.2) is 158 Å². The summed E-state index contributed by atoms with van der Waals surface area (Å²) >= 11 is 0. The van der Waals surface area contributed by atoms with E-state index >= 15 is 0 Å². The summed E-state index contributed by atoms with van der Waals surface area (Å²) in [7, 11) is -4.62. The minimum Gasteiger partial charge on any atom is -0.462 e. The van der Waals surface area contributed by atoms with Crippen molar-refractivity contribution in [3.8, 4) is 0 Å². The van der Waals surface area contributed by atoms with E-state index in [9.17, 15) is 33.4 Å². The predicted octanol–water partition coefficient (Wildman–Crippen LogP) is 11.6. The fourth-order valence-corrected chi connectivity index (χ4v) is 9.48. The van der Waals surface area contributed by atoms with Crippen LogP contribution in [0.4, 0.5) is 0 Å². The Balaban J connectivity index is 2.21. The third-order valence-electron chi connectivity index (χ3n) is 13.5. The quantitative estimate of drug-likeness (QED) is 0.0249. The maximum absolute atomic E-state index is 12.9. The van der Waals surface area contributed by atoms with E-state index in [1.807, 2.05) is 0 Å². The molecule has 1 heterocycles. The van der Waals surface area contributed by atoms with Crippen molar-refractivity contribution in [2.24, 2.45) is 0 Å². The fraction of sp³-hybridized carbons (Fsp3) is 0.883. The molecule has 0 fully saturated rings. The summed E-state index contributed by atoms with van der Waals surface area (Å²) in [5.74, 6) is -1.91. The monoisotopic (exact) mass is 1160 g/mol. The summed E-state index contributed by atoms with van der Waals surface area (Å²) in [6.45, 7) is 7.50. The number of carbonyl (C=O) groups excluding carboxylic acids is 5. The highest BCUT2D eigenvalue weighted by Gasteiger charge is 2.26. The predicted molar refractivity (Wildman–Crippen MR) is 310 cm³/mol. The topological polar surface area (TPSA) is 230 Å². The molecular formula is C60H111N2O17P. The number of hydrogen-bond acceptors (Lipinski definition) is 16. The van der Waals surface area contributed by atoms with E-state index in [0.29, 0.717) is 72.3 Å². The minimum absolute atomic E-state index is 0.0587. The van der Waals surface area contributed by atoms with Gasteiger partial charge in [0.1, 0.15) is 6.61 Å². The highest BCUT2D eigenvalue weighted by Crippen LogP contribution is 2.43. The zero-order chi connectivity index (χ0) is 58.1. The van der Waals surface area contributed by atoms with Crippen molar-refractivity contribution in [3.05, 3.63) is 12.2 Å². The van der Waals surface area contributed by atoms with Crippen LogP contribution in [0.1, 0.15) is 226 Å². The van der Waals surface area contributed by atoms with Crippen molar-refractivity contribution in [1.82, 2.24) is 10.2 Å². The number of unbranched alkanes of at least 4 members (excludes halogenated alkanes) is 28. The van der Waals surface area contributed by atoms with E-state index in [4.69, 9.17) is 46.9 Å². The van der Waals surface area contributed by atoms with Crippen molar-refractivity contribution in [2.75, 3.05) is 112 Å². The fourth-order valence-electron chi connectivity index (χ4n) is 8.73. The number of nitrogens with zero attached hydrogens (tertiary/aromatic N) is 1. The van der Waals surface area contributed by atoms with Gasteiger partial charge in [-0.25, -0.2) is 4.57 Å². The summed E-state index contributed by atoms with van der Waals surface area (Å²) in [5, 5.41) is 2.60. The van der Waals surface area contributed by atoms with Crippen LogP contribution in [0.25, 0.3) is 0 Å². The number of imide groups is 1. The number of ether oxygens (including phenoxy) is 8. The number of hydrogen-bond donors (Lipinski definition) is 2. The van der Waals surface area contributed by atoms with E-state index in [-0.39, 0.29) is 83.1 Å². The molecule has 0 aromatic carbocycles. The van der Waals surface area contributed by atoms with Gasteiger partial charge in [-0.05, 0) is 12.8 Å². The first-order valence-electron chi connectivity index (χ1n) is 31.3. The van der Waals surface area contributed by atoms with Gasteiger partial charge in [-0.1, -0.05) is 194 Å². The van der Waals surface area contributed by atoms with E-state index in [1.54, 1.807) is 0 Å². The maximum Gasteiger partial charge on any atom is 0.472 e. The highest BCUT2D eigenvalue weighted by atomic mass is 31.2. The van der Waals surface area contributed by atoms with Crippen molar-refractivity contribution in [2.45, 2.75) is 232 Å². The molecule has 2 N–H and O–H groups in total. The number of esters is 2. The lowest BCUT2D eigenvalue weighted by molar-refractivity contribution is -0.161. The largest absolute Gasteiger partial charge is 0.472 e. The van der Waals surface area contributed by atoms with Gasteiger partial charge in [-0.3, -0.25) is 37.9 Å². The Hall–Kier alpha value is -2.84. The standard InChI is InChI=1S/C60H111N2O17P/c1-3-5-7-9-11-13-15-17-19-21-23-25-27-29-31-33-59(66)76-53-55(79-60(67)34-32-30-28-26-24-22-20-18-16-14-12-10-8-6-4-2)54-78-80(68,69)77-41-38-61-56(63)37-40-70-43-45-72-47-49-74-51-52-75-50-48-73-46-44-71-42-39-62-57(64)35-36-58(62)65/h35-36,55H,3-34,37-54H2,1-2H3,(H,61,63)(H,68,69). The molecule has 3 amide bonds. The Bertz CT molecular complexity index is 1560. The summed E-state index contributed by atoms with van der Waals surface area (Å²) in [5.41, 5.74) is 0. The average Bonchev–Trinajstić information content (AvgIpc) is 3.77. The van der Waals surface area contributed by atoms with Crippen molar-refractivity contribution >= 4 is 37.5 Å². The number of phosphoric acid groups is 1. The second-order valence-corrected chi connectivity index (χ2v) is 22.2. The van der Waals surface area contributed by atoms with Gasteiger partial charge in [0.25, 0.3) is 11.8 Å². The van der Waals surface area contributed by atoms with Crippen LogP contribution < -0.4 is 5.32 Å². The smallest absolute Gasteiger partial charge is 0.462 e. The molecule has 0 aromatic heterocycles. The maximum atomic E-state index is 12.9. The molecule has 0 spiro atoms.